The summed E-state index contributed by atoms with van der Waals surface area (Å²) in [5, 5.41) is 3.84. The van der Waals surface area contributed by atoms with Gasteiger partial charge in [0.05, 0.1) is 11.3 Å². The fourth-order valence-electron chi connectivity index (χ4n) is 2.58. The fourth-order valence-corrected chi connectivity index (χ4v) is 3.55. The first-order valence-electron chi connectivity index (χ1n) is 6.41. The Morgan fingerprint density at radius 2 is 2.00 bits per heavy atom. The van der Waals surface area contributed by atoms with Gasteiger partial charge in [0, 0.05) is 12.5 Å². The van der Waals surface area contributed by atoms with Gasteiger partial charge in [0.2, 0.25) is 10.9 Å². The molecule has 0 unspecified atom stereocenters. The van der Waals surface area contributed by atoms with Gasteiger partial charge >= 0.3 is 0 Å². The van der Waals surface area contributed by atoms with Crippen LogP contribution in [-0.4, -0.2) is 26.4 Å². The van der Waals surface area contributed by atoms with Crippen LogP contribution in [0.5, 0.6) is 0 Å². The van der Waals surface area contributed by atoms with Crippen LogP contribution in [-0.2, 0) is 9.59 Å². The van der Waals surface area contributed by atoms with E-state index in [9.17, 15) is 14.4 Å². The molecule has 2 amide bonds. The molecule has 0 fully saturated rings. The van der Waals surface area contributed by atoms with Crippen molar-refractivity contribution in [1.82, 2.24) is 14.6 Å². The monoisotopic (exact) mass is 312 g/mol. The molecular weight excluding hydrogens is 304 g/mol. The summed E-state index contributed by atoms with van der Waals surface area (Å²) in [4.78, 5) is 42.3. The van der Waals surface area contributed by atoms with Gasteiger partial charge in [-0.05, 0) is 6.07 Å². The molecule has 22 heavy (non-hydrogen) atoms. The van der Waals surface area contributed by atoms with E-state index in [4.69, 9.17) is 0 Å². The predicted octanol–water partition coefficient (Wildman–Crippen LogP) is -0.0380. The molecule has 0 radical (unpaired) electrons. The molecule has 1 aliphatic heterocycles. The molecule has 4 rings (SSSR count). The number of benzene rings is 1. The number of fused-ring (bicyclic) bond motifs is 2. The molecule has 0 saturated heterocycles. The predicted molar refractivity (Wildman–Crippen MR) is 79.5 cm³/mol. The maximum absolute atomic E-state index is 12.6. The Balaban J connectivity index is 2.16. The van der Waals surface area contributed by atoms with Crippen molar-refractivity contribution in [3.63, 3.8) is 0 Å². The first kappa shape index (κ1) is 12.8. The third-order valence-electron chi connectivity index (χ3n) is 3.47. The first-order valence-corrected chi connectivity index (χ1v) is 7.22. The lowest BCUT2D eigenvalue weighted by Gasteiger charge is -2.11. The summed E-state index contributed by atoms with van der Waals surface area (Å²) in [6, 6.07) is 6.91. The summed E-state index contributed by atoms with van der Waals surface area (Å²) < 4.78 is 1.40. The van der Waals surface area contributed by atoms with Crippen LogP contribution in [0.25, 0.3) is 10.5 Å². The van der Waals surface area contributed by atoms with E-state index in [-0.39, 0.29) is 16.0 Å². The Morgan fingerprint density at radius 1 is 1.23 bits per heavy atom. The van der Waals surface area contributed by atoms with Crippen LogP contribution < -0.4 is 15.0 Å². The van der Waals surface area contributed by atoms with E-state index >= 15 is 0 Å². The minimum Gasteiger partial charge on any atom is -0.274 e. The zero-order chi connectivity index (χ0) is 15.4. The molecule has 1 aliphatic rings. The number of rotatable bonds is 0. The molecular formula is C14H8N4O3S. The molecule has 8 heteroatoms. The Bertz CT molecular complexity index is 1070. The van der Waals surface area contributed by atoms with Gasteiger partial charge in [-0.2, -0.15) is 9.61 Å². The lowest BCUT2D eigenvalue weighted by molar-refractivity contribution is -0.122. The molecule has 7 nitrogen and oxygen atoms in total. The van der Waals surface area contributed by atoms with Crippen LogP contribution in [0.15, 0.2) is 35.4 Å². The molecule has 108 valence electrons. The summed E-state index contributed by atoms with van der Waals surface area (Å²) in [6.07, 6.45) is 1.29. The van der Waals surface area contributed by atoms with E-state index < -0.39 is 11.5 Å². The Morgan fingerprint density at radius 3 is 2.73 bits per heavy atom. The summed E-state index contributed by atoms with van der Waals surface area (Å²) in [5.41, 5.74) is 0.895. The lowest BCUT2D eigenvalue weighted by atomic mass is 10.1. The second kappa shape index (κ2) is 4.31. The molecule has 2 aromatic heterocycles. The van der Waals surface area contributed by atoms with Crippen LogP contribution in [0.2, 0.25) is 0 Å². The average molecular weight is 312 g/mol. The molecule has 0 spiro atoms. The van der Waals surface area contributed by atoms with Gasteiger partial charge in [-0.25, -0.2) is 9.88 Å². The van der Waals surface area contributed by atoms with Crippen molar-refractivity contribution in [3.05, 3.63) is 51.0 Å². The summed E-state index contributed by atoms with van der Waals surface area (Å²) in [7, 11) is 0. The van der Waals surface area contributed by atoms with E-state index in [0.717, 1.165) is 20.8 Å². The summed E-state index contributed by atoms with van der Waals surface area (Å²) in [5.74, 6) is -0.880. The van der Waals surface area contributed by atoms with Gasteiger partial charge in [0.15, 0.2) is 0 Å². The number of nitrogens with zero attached hydrogens (tertiary/aromatic N) is 4. The minimum atomic E-state index is -0.490. The number of para-hydroxylation sites is 1. The minimum absolute atomic E-state index is 0.230. The Hall–Kier alpha value is -2.87. The van der Waals surface area contributed by atoms with Gasteiger partial charge in [0.1, 0.15) is 10.9 Å². The third-order valence-corrected chi connectivity index (χ3v) is 4.51. The molecule has 3 heterocycles. The average Bonchev–Trinajstić information content (AvgIpc) is 3.12. The number of carbonyl (C=O) groups is 2. The van der Waals surface area contributed by atoms with Crippen molar-refractivity contribution >= 4 is 39.4 Å². The molecule has 0 N–H and O–H groups in total. The number of imide groups is 1. The smallest absolute Gasteiger partial charge is 0.274 e. The molecule has 0 saturated carbocycles. The maximum Gasteiger partial charge on any atom is 0.291 e. The summed E-state index contributed by atoms with van der Waals surface area (Å²) in [6.45, 7) is 1.32. The Kier molecular flexibility index (Phi) is 2.52. The summed E-state index contributed by atoms with van der Waals surface area (Å²) >= 11 is 1.09. The number of carbonyl (C=O) groups excluding carboxylic acids is 2. The van der Waals surface area contributed by atoms with E-state index in [1.807, 2.05) is 0 Å². The fraction of sp³-hybridized carbons (Fsp3) is 0.0714. The number of hydrogen-bond donors (Lipinski definition) is 0. The first-order chi connectivity index (χ1) is 10.6. The number of hydrogen-bond acceptors (Lipinski definition) is 6. The quantitative estimate of drug-likeness (QED) is 0.581. The number of anilines is 1. The highest BCUT2D eigenvalue weighted by molar-refractivity contribution is 7.15. The van der Waals surface area contributed by atoms with Crippen LogP contribution >= 0.6 is 11.3 Å². The van der Waals surface area contributed by atoms with Gasteiger partial charge in [-0.15, -0.1) is 0 Å². The molecule has 0 bridgehead atoms. The number of thiazole rings is 1. The second-order valence-corrected chi connectivity index (χ2v) is 5.72. The molecule has 0 aliphatic carbocycles. The zero-order valence-corrected chi connectivity index (χ0v) is 12.1. The van der Waals surface area contributed by atoms with Gasteiger partial charge in [-0.3, -0.25) is 14.4 Å². The van der Waals surface area contributed by atoms with Gasteiger partial charge in [0.25, 0.3) is 11.5 Å². The second-order valence-electron chi connectivity index (χ2n) is 4.74. The van der Waals surface area contributed by atoms with E-state index in [1.54, 1.807) is 24.3 Å². The van der Waals surface area contributed by atoms with Crippen LogP contribution in [0.4, 0.5) is 5.69 Å². The number of amides is 2. The van der Waals surface area contributed by atoms with E-state index in [1.165, 1.54) is 13.3 Å². The van der Waals surface area contributed by atoms with Crippen molar-refractivity contribution in [2.24, 2.45) is 0 Å². The van der Waals surface area contributed by atoms with Crippen LogP contribution in [0.1, 0.15) is 12.5 Å². The highest BCUT2D eigenvalue weighted by Crippen LogP contribution is 2.35. The molecule has 3 aromatic rings. The Labute approximate surface area is 127 Å². The van der Waals surface area contributed by atoms with E-state index in [0.29, 0.717) is 16.2 Å². The highest BCUT2D eigenvalue weighted by atomic mass is 32.1. The maximum atomic E-state index is 12.6. The van der Waals surface area contributed by atoms with Crippen molar-refractivity contribution in [3.8, 4) is 0 Å². The van der Waals surface area contributed by atoms with Gasteiger partial charge in [-0.1, -0.05) is 29.5 Å². The van der Waals surface area contributed by atoms with Crippen LogP contribution in [0.3, 0.4) is 0 Å². The van der Waals surface area contributed by atoms with Crippen molar-refractivity contribution < 1.29 is 9.59 Å². The van der Waals surface area contributed by atoms with Gasteiger partial charge < -0.3 is 0 Å². The van der Waals surface area contributed by atoms with Crippen molar-refractivity contribution in [2.75, 3.05) is 4.90 Å². The number of aromatic nitrogens is 3. The van der Waals surface area contributed by atoms with Crippen molar-refractivity contribution in [1.29, 1.82) is 0 Å². The standard InChI is InChI=1S/C14H8N4O3S/c1-7(19)17-9-5-3-2-4-8(9)10(12(17)20)11-13(21)18-14(22-11)15-6-16-18/h2-6H,1H3/b11-10-. The lowest BCUT2D eigenvalue weighted by Crippen LogP contribution is -2.34. The topological polar surface area (TPSA) is 84.6 Å². The third kappa shape index (κ3) is 1.52. The normalized spacial score (nSPS) is 16.4. The SMILES string of the molecule is CC(=O)N1C(=O)/C(=c2\sc3ncnn3c2=O)c2ccccc21. The zero-order valence-electron chi connectivity index (χ0n) is 11.3. The molecule has 0 atom stereocenters. The highest BCUT2D eigenvalue weighted by Gasteiger charge is 2.36. The largest absolute Gasteiger partial charge is 0.291 e. The van der Waals surface area contributed by atoms with Crippen molar-refractivity contribution in [2.45, 2.75) is 6.92 Å². The molecule has 1 aromatic carbocycles. The van der Waals surface area contributed by atoms with Crippen LogP contribution in [0, 0.1) is 0 Å². The van der Waals surface area contributed by atoms with E-state index in [2.05, 4.69) is 10.1 Å².